The first-order chi connectivity index (χ1) is 8.46. The van der Waals surface area contributed by atoms with Gasteiger partial charge >= 0.3 is 6.18 Å². The van der Waals surface area contributed by atoms with Crippen molar-refractivity contribution in [2.45, 2.75) is 42.4 Å². The largest absolute Gasteiger partial charge is 0.401 e. The number of thioether (sulfide) groups is 1. The molecular formula is C9H14F3N5S. The molecule has 1 unspecified atom stereocenters. The maximum Gasteiger partial charge on any atom is 0.401 e. The molecule has 102 valence electrons. The lowest BCUT2D eigenvalue weighted by Gasteiger charge is -2.13. The minimum Gasteiger partial charge on any atom is -0.308 e. The van der Waals surface area contributed by atoms with Gasteiger partial charge in [0.15, 0.2) is 0 Å². The van der Waals surface area contributed by atoms with E-state index in [0.717, 1.165) is 12.8 Å². The van der Waals surface area contributed by atoms with Crippen LogP contribution < -0.4 is 5.32 Å². The SMILES string of the molecule is CC(CNCC(F)(F)F)Sc1nnnn1C1CC1. The Morgan fingerprint density at radius 1 is 1.50 bits per heavy atom. The summed E-state index contributed by atoms with van der Waals surface area (Å²) >= 11 is 1.39. The van der Waals surface area contributed by atoms with Gasteiger partial charge in [0.1, 0.15) is 0 Å². The minimum absolute atomic E-state index is 0.0177. The summed E-state index contributed by atoms with van der Waals surface area (Å²) in [5.41, 5.74) is 0. The molecule has 1 aromatic rings. The number of tetrazole rings is 1. The van der Waals surface area contributed by atoms with Crippen LogP contribution in [-0.2, 0) is 0 Å². The Morgan fingerprint density at radius 3 is 2.83 bits per heavy atom. The molecule has 0 aromatic carbocycles. The molecule has 1 fully saturated rings. The van der Waals surface area contributed by atoms with Crippen molar-refractivity contribution in [3.8, 4) is 0 Å². The molecule has 0 spiro atoms. The summed E-state index contributed by atoms with van der Waals surface area (Å²) in [6, 6.07) is 0.373. The van der Waals surface area contributed by atoms with E-state index < -0.39 is 12.7 Å². The zero-order valence-corrected chi connectivity index (χ0v) is 10.6. The van der Waals surface area contributed by atoms with E-state index in [1.54, 1.807) is 4.68 Å². The second kappa shape index (κ2) is 5.43. The van der Waals surface area contributed by atoms with Gasteiger partial charge in [-0.2, -0.15) is 13.2 Å². The van der Waals surface area contributed by atoms with Gasteiger partial charge in [0.25, 0.3) is 0 Å². The van der Waals surface area contributed by atoms with Crippen molar-refractivity contribution in [3.05, 3.63) is 0 Å². The van der Waals surface area contributed by atoms with Gasteiger partial charge in [0, 0.05) is 11.8 Å². The highest BCUT2D eigenvalue weighted by Crippen LogP contribution is 2.36. The van der Waals surface area contributed by atoms with Crippen molar-refractivity contribution in [1.29, 1.82) is 0 Å². The van der Waals surface area contributed by atoms with E-state index in [9.17, 15) is 13.2 Å². The van der Waals surface area contributed by atoms with Crippen LogP contribution in [0.15, 0.2) is 5.16 Å². The van der Waals surface area contributed by atoms with Crippen molar-refractivity contribution in [1.82, 2.24) is 25.5 Å². The topological polar surface area (TPSA) is 55.6 Å². The van der Waals surface area contributed by atoms with Gasteiger partial charge in [-0.1, -0.05) is 18.7 Å². The Hall–Kier alpha value is -0.830. The molecule has 9 heteroatoms. The molecule has 1 saturated carbocycles. The van der Waals surface area contributed by atoms with Crippen molar-refractivity contribution < 1.29 is 13.2 Å². The van der Waals surface area contributed by atoms with Crippen LogP contribution in [0.25, 0.3) is 0 Å². The maximum atomic E-state index is 12.0. The van der Waals surface area contributed by atoms with Gasteiger partial charge in [-0.05, 0) is 23.3 Å². The first-order valence-corrected chi connectivity index (χ1v) is 6.55. The number of rotatable bonds is 6. The second-order valence-corrected chi connectivity index (χ2v) is 5.72. The van der Waals surface area contributed by atoms with Crippen LogP contribution in [0.5, 0.6) is 0 Å². The van der Waals surface area contributed by atoms with E-state index >= 15 is 0 Å². The van der Waals surface area contributed by atoms with Crippen molar-refractivity contribution >= 4 is 11.8 Å². The molecule has 2 rings (SSSR count). The van der Waals surface area contributed by atoms with Crippen LogP contribution in [0.1, 0.15) is 25.8 Å². The van der Waals surface area contributed by atoms with E-state index in [0.29, 0.717) is 11.2 Å². The third-order valence-electron chi connectivity index (χ3n) is 2.42. The maximum absolute atomic E-state index is 12.0. The van der Waals surface area contributed by atoms with Gasteiger partial charge in [-0.15, -0.1) is 5.10 Å². The molecule has 0 radical (unpaired) electrons. The third-order valence-corrected chi connectivity index (χ3v) is 3.47. The number of halogens is 3. The Morgan fingerprint density at radius 2 is 2.22 bits per heavy atom. The molecule has 1 heterocycles. The predicted octanol–water partition coefficient (Wildman–Crippen LogP) is 1.64. The summed E-state index contributed by atoms with van der Waals surface area (Å²) in [5.74, 6) is 0. The molecule has 0 amide bonds. The Labute approximate surface area is 106 Å². The predicted molar refractivity (Wildman–Crippen MR) is 60.3 cm³/mol. The molecular weight excluding hydrogens is 267 g/mol. The standard InChI is InChI=1S/C9H14F3N5S/c1-6(4-13-5-9(10,11)12)18-8-14-15-16-17(8)7-2-3-7/h6-7,13H,2-5H2,1H3. The van der Waals surface area contributed by atoms with Gasteiger partial charge in [0.2, 0.25) is 5.16 Å². The smallest absolute Gasteiger partial charge is 0.308 e. The van der Waals surface area contributed by atoms with E-state index in [1.165, 1.54) is 11.8 Å². The van der Waals surface area contributed by atoms with Gasteiger partial charge in [0.05, 0.1) is 12.6 Å². The van der Waals surface area contributed by atoms with E-state index in [-0.39, 0.29) is 11.8 Å². The number of hydrogen-bond acceptors (Lipinski definition) is 5. The molecule has 0 saturated heterocycles. The summed E-state index contributed by atoms with van der Waals surface area (Å²) in [5, 5.41) is 14.4. The van der Waals surface area contributed by atoms with Crippen LogP contribution in [0.4, 0.5) is 13.2 Å². The molecule has 1 aromatic heterocycles. The fraction of sp³-hybridized carbons (Fsp3) is 0.889. The van der Waals surface area contributed by atoms with Crippen LogP contribution in [0.3, 0.4) is 0 Å². The lowest BCUT2D eigenvalue weighted by Crippen LogP contribution is -2.32. The van der Waals surface area contributed by atoms with Gasteiger partial charge in [-0.25, -0.2) is 4.68 Å². The fourth-order valence-corrected chi connectivity index (χ4v) is 2.39. The lowest BCUT2D eigenvalue weighted by atomic mass is 10.4. The number of nitrogens with zero attached hydrogens (tertiary/aromatic N) is 4. The summed E-state index contributed by atoms with van der Waals surface area (Å²) < 4.78 is 37.6. The van der Waals surface area contributed by atoms with E-state index in [2.05, 4.69) is 20.8 Å². The van der Waals surface area contributed by atoms with Crippen molar-refractivity contribution in [3.63, 3.8) is 0 Å². The minimum atomic E-state index is -4.17. The highest BCUT2D eigenvalue weighted by Gasteiger charge is 2.29. The van der Waals surface area contributed by atoms with Crippen molar-refractivity contribution in [2.24, 2.45) is 0 Å². The zero-order valence-electron chi connectivity index (χ0n) is 9.81. The molecule has 0 bridgehead atoms. The average molecular weight is 281 g/mol. The first kappa shape index (κ1) is 13.6. The van der Waals surface area contributed by atoms with E-state index in [4.69, 9.17) is 0 Å². The number of hydrogen-bond donors (Lipinski definition) is 1. The molecule has 18 heavy (non-hydrogen) atoms. The van der Waals surface area contributed by atoms with Gasteiger partial charge in [-0.3, -0.25) is 0 Å². The zero-order chi connectivity index (χ0) is 13.2. The number of alkyl halides is 3. The molecule has 0 aliphatic heterocycles. The van der Waals surface area contributed by atoms with E-state index in [1.807, 2.05) is 6.92 Å². The molecule has 5 nitrogen and oxygen atoms in total. The summed E-state index contributed by atoms with van der Waals surface area (Å²) in [6.45, 7) is 1.15. The quantitative estimate of drug-likeness (QED) is 0.803. The second-order valence-electron chi connectivity index (χ2n) is 4.31. The monoisotopic (exact) mass is 281 g/mol. The number of nitrogens with one attached hydrogen (secondary N) is 1. The van der Waals surface area contributed by atoms with Crippen LogP contribution in [0, 0.1) is 0 Å². The Kier molecular flexibility index (Phi) is 4.10. The average Bonchev–Trinajstić information content (AvgIpc) is 2.98. The normalized spacial score (nSPS) is 18.0. The third kappa shape index (κ3) is 4.13. The fourth-order valence-electron chi connectivity index (χ4n) is 1.45. The van der Waals surface area contributed by atoms with Crippen molar-refractivity contribution in [2.75, 3.05) is 13.1 Å². The summed E-state index contributed by atoms with van der Waals surface area (Å²) in [6.07, 6.45) is -2.03. The van der Waals surface area contributed by atoms with Crippen LogP contribution in [-0.4, -0.2) is 44.7 Å². The highest BCUT2D eigenvalue weighted by atomic mass is 32.2. The van der Waals surface area contributed by atoms with Crippen LogP contribution >= 0.6 is 11.8 Å². The summed E-state index contributed by atoms with van der Waals surface area (Å²) in [4.78, 5) is 0. The molecule has 1 N–H and O–H groups in total. The van der Waals surface area contributed by atoms with Crippen LogP contribution in [0.2, 0.25) is 0 Å². The summed E-state index contributed by atoms with van der Waals surface area (Å²) in [7, 11) is 0. The Balaban J connectivity index is 1.76. The molecule has 1 aliphatic rings. The molecule has 1 aliphatic carbocycles. The molecule has 1 atom stereocenters. The van der Waals surface area contributed by atoms with Gasteiger partial charge < -0.3 is 5.32 Å². The number of aromatic nitrogens is 4. The Bertz CT molecular complexity index is 390. The lowest BCUT2D eigenvalue weighted by molar-refractivity contribution is -0.124. The first-order valence-electron chi connectivity index (χ1n) is 5.67. The highest BCUT2D eigenvalue weighted by molar-refractivity contribution is 7.99.